The molecule has 0 spiro atoms. The Kier molecular flexibility index (Phi) is 36.0. The molecule has 2 unspecified atom stereocenters. The zero-order chi connectivity index (χ0) is 35.2. The fourth-order valence-corrected chi connectivity index (χ4v) is 5.94. The summed E-state index contributed by atoms with van der Waals surface area (Å²) in [6, 6.07) is 0. The lowest BCUT2D eigenvalue weighted by Gasteiger charge is -2.20. The summed E-state index contributed by atoms with van der Waals surface area (Å²) in [4.78, 5) is 21.9. The fraction of sp³-hybridized carbons (Fsp3) is 0.821. The van der Waals surface area contributed by atoms with Crippen LogP contribution in [0.3, 0.4) is 0 Å². The molecule has 2 atom stereocenters. The number of esters is 1. The van der Waals surface area contributed by atoms with Crippen LogP contribution in [0.1, 0.15) is 168 Å². The third-order valence-corrected chi connectivity index (χ3v) is 9.04. The first kappa shape index (κ1) is 46.7. The van der Waals surface area contributed by atoms with Crippen LogP contribution in [0.25, 0.3) is 0 Å². The maximum absolute atomic E-state index is 12.2. The van der Waals surface area contributed by atoms with Crippen molar-refractivity contribution in [2.24, 2.45) is 5.73 Å². The van der Waals surface area contributed by atoms with Gasteiger partial charge in [-0.3, -0.25) is 13.8 Å². The number of nitrogens with two attached hydrogens (primary N) is 1. The summed E-state index contributed by atoms with van der Waals surface area (Å²) in [6.07, 6.45) is 41.1. The number of rotatable bonds is 37. The minimum absolute atomic E-state index is 0.0967. The van der Waals surface area contributed by atoms with Crippen LogP contribution in [-0.4, -0.2) is 49.9 Å². The molecule has 0 bridgehead atoms. The lowest BCUT2D eigenvalue weighted by atomic mass is 10.1. The van der Waals surface area contributed by atoms with Crippen LogP contribution < -0.4 is 5.73 Å². The van der Waals surface area contributed by atoms with Crippen LogP contribution in [0.5, 0.6) is 0 Å². The van der Waals surface area contributed by atoms with Crippen molar-refractivity contribution in [3.63, 3.8) is 0 Å². The standard InChI is InChI=1S/C39H74NO7P/c1-3-5-7-8-9-10-11-12-13-14-15-16-17-18-19-20-21-22-23-24-25-26-27-28-29-31-34-44-36-38(47-39(41)32-30-6-4-2)37-46-48(42,43)45-35-33-40/h11-12,14-15,17-18,38H,3-10,13,16,19-37,40H2,1-2H3,(H,42,43)/b12-11-,15-14-,18-17-. The number of phosphoric ester groups is 1. The predicted molar refractivity (Wildman–Crippen MR) is 201 cm³/mol. The summed E-state index contributed by atoms with van der Waals surface area (Å²) in [5.74, 6) is -0.357. The molecule has 0 saturated carbocycles. The second-order valence-corrected chi connectivity index (χ2v) is 14.2. The number of carbonyl (C=O) groups is 1. The van der Waals surface area contributed by atoms with Gasteiger partial charge in [0, 0.05) is 19.6 Å². The SMILES string of the molecule is CCCCCCC/C=C\C/C=C\C/C=C\CCCCCCCCCCCCCOCC(COP(=O)(O)OCCN)OC(=O)CCCCC. The highest BCUT2D eigenvalue weighted by atomic mass is 31.2. The quantitative estimate of drug-likeness (QED) is 0.0285. The van der Waals surface area contributed by atoms with Gasteiger partial charge in [-0.15, -0.1) is 0 Å². The van der Waals surface area contributed by atoms with Gasteiger partial charge in [0.05, 0.1) is 19.8 Å². The Bertz CT molecular complexity index is 833. The van der Waals surface area contributed by atoms with Crippen molar-refractivity contribution < 1.29 is 32.8 Å². The topological polar surface area (TPSA) is 117 Å². The fourth-order valence-electron chi connectivity index (χ4n) is 5.18. The molecular formula is C39H74NO7P. The summed E-state index contributed by atoms with van der Waals surface area (Å²) in [6.45, 7) is 4.72. The Balaban J connectivity index is 3.72. The van der Waals surface area contributed by atoms with Gasteiger partial charge in [-0.1, -0.05) is 147 Å². The van der Waals surface area contributed by atoms with E-state index in [0.29, 0.717) is 13.0 Å². The molecule has 0 rings (SSSR count). The maximum atomic E-state index is 12.2. The van der Waals surface area contributed by atoms with E-state index in [2.05, 4.69) is 50.3 Å². The van der Waals surface area contributed by atoms with Gasteiger partial charge in [-0.05, 0) is 51.4 Å². The summed E-state index contributed by atoms with van der Waals surface area (Å²) >= 11 is 0. The molecule has 0 amide bonds. The molecule has 0 aliphatic heterocycles. The molecule has 0 aliphatic carbocycles. The van der Waals surface area contributed by atoms with Gasteiger partial charge in [0.1, 0.15) is 6.10 Å². The van der Waals surface area contributed by atoms with E-state index in [9.17, 15) is 14.3 Å². The maximum Gasteiger partial charge on any atom is 0.472 e. The molecule has 282 valence electrons. The highest BCUT2D eigenvalue weighted by molar-refractivity contribution is 7.47. The molecule has 0 heterocycles. The molecule has 0 aliphatic rings. The molecule has 48 heavy (non-hydrogen) atoms. The van der Waals surface area contributed by atoms with Gasteiger partial charge in [-0.2, -0.15) is 0 Å². The van der Waals surface area contributed by atoms with Gasteiger partial charge in [0.2, 0.25) is 0 Å². The summed E-state index contributed by atoms with van der Waals surface area (Å²) in [5, 5.41) is 0. The number of hydrogen-bond donors (Lipinski definition) is 2. The summed E-state index contributed by atoms with van der Waals surface area (Å²) in [5.41, 5.74) is 5.31. The van der Waals surface area contributed by atoms with Crippen LogP contribution in [-0.2, 0) is 27.9 Å². The first-order chi connectivity index (χ1) is 23.4. The highest BCUT2D eigenvalue weighted by Crippen LogP contribution is 2.43. The summed E-state index contributed by atoms with van der Waals surface area (Å²) in [7, 11) is -4.25. The van der Waals surface area contributed by atoms with Crippen LogP contribution >= 0.6 is 7.82 Å². The molecule has 3 N–H and O–H groups in total. The molecular weight excluding hydrogens is 625 g/mol. The van der Waals surface area contributed by atoms with E-state index in [-0.39, 0.29) is 32.3 Å². The van der Waals surface area contributed by atoms with Crippen molar-refractivity contribution in [3.05, 3.63) is 36.5 Å². The van der Waals surface area contributed by atoms with Crippen LogP contribution in [0.2, 0.25) is 0 Å². The van der Waals surface area contributed by atoms with E-state index in [1.807, 2.05) is 0 Å². The Hall–Kier alpha value is -1.28. The van der Waals surface area contributed by atoms with E-state index in [1.165, 1.54) is 103 Å². The van der Waals surface area contributed by atoms with E-state index < -0.39 is 13.9 Å². The second kappa shape index (κ2) is 37.0. The molecule has 8 nitrogen and oxygen atoms in total. The summed E-state index contributed by atoms with van der Waals surface area (Å²) < 4.78 is 32.9. The van der Waals surface area contributed by atoms with Crippen molar-refractivity contribution in [2.45, 2.75) is 174 Å². The zero-order valence-electron chi connectivity index (χ0n) is 31.0. The first-order valence-electron chi connectivity index (χ1n) is 19.5. The first-order valence-corrected chi connectivity index (χ1v) is 21.0. The molecule has 0 aromatic carbocycles. The van der Waals surface area contributed by atoms with Crippen LogP contribution in [0.4, 0.5) is 0 Å². The lowest BCUT2D eigenvalue weighted by molar-refractivity contribution is -0.154. The predicted octanol–water partition coefficient (Wildman–Crippen LogP) is 11.1. The minimum Gasteiger partial charge on any atom is -0.457 e. The van der Waals surface area contributed by atoms with Gasteiger partial charge >= 0.3 is 13.8 Å². The van der Waals surface area contributed by atoms with Gasteiger partial charge in [0.15, 0.2) is 0 Å². The molecule has 0 saturated heterocycles. The van der Waals surface area contributed by atoms with Gasteiger partial charge < -0.3 is 20.1 Å². The zero-order valence-corrected chi connectivity index (χ0v) is 31.9. The van der Waals surface area contributed by atoms with Crippen molar-refractivity contribution in [1.29, 1.82) is 0 Å². The van der Waals surface area contributed by atoms with Gasteiger partial charge in [-0.25, -0.2) is 4.57 Å². The smallest absolute Gasteiger partial charge is 0.457 e. The van der Waals surface area contributed by atoms with E-state index >= 15 is 0 Å². The monoisotopic (exact) mass is 700 g/mol. The number of allylic oxidation sites excluding steroid dienone is 6. The molecule has 0 radical (unpaired) electrons. The van der Waals surface area contributed by atoms with Gasteiger partial charge in [0.25, 0.3) is 0 Å². The number of phosphoric acid groups is 1. The Morgan fingerprint density at radius 2 is 1.10 bits per heavy atom. The third kappa shape index (κ3) is 36.0. The lowest BCUT2D eigenvalue weighted by Crippen LogP contribution is -2.28. The van der Waals surface area contributed by atoms with Crippen molar-refractivity contribution >= 4 is 13.8 Å². The molecule has 0 aromatic heterocycles. The highest BCUT2D eigenvalue weighted by Gasteiger charge is 2.25. The normalized spacial score (nSPS) is 14.0. The molecule has 0 fully saturated rings. The molecule has 0 aromatic rings. The second-order valence-electron chi connectivity index (χ2n) is 12.8. The average molecular weight is 700 g/mol. The Morgan fingerprint density at radius 3 is 1.65 bits per heavy atom. The number of carbonyl (C=O) groups excluding carboxylic acids is 1. The Labute approximate surface area is 295 Å². The number of hydrogen-bond acceptors (Lipinski definition) is 7. The third-order valence-electron chi connectivity index (χ3n) is 8.06. The van der Waals surface area contributed by atoms with Crippen molar-refractivity contribution in [1.82, 2.24) is 0 Å². The molecule has 9 heteroatoms. The van der Waals surface area contributed by atoms with Crippen molar-refractivity contribution in [2.75, 3.05) is 33.0 Å². The van der Waals surface area contributed by atoms with Crippen molar-refractivity contribution in [3.8, 4) is 0 Å². The average Bonchev–Trinajstić information content (AvgIpc) is 3.07. The Morgan fingerprint density at radius 1 is 0.625 bits per heavy atom. The van der Waals surface area contributed by atoms with E-state index in [0.717, 1.165) is 44.9 Å². The van der Waals surface area contributed by atoms with E-state index in [4.69, 9.17) is 24.3 Å². The number of unbranched alkanes of at least 4 members (excludes halogenated alkanes) is 18. The minimum atomic E-state index is -4.25. The van der Waals surface area contributed by atoms with Crippen LogP contribution in [0, 0.1) is 0 Å². The number of ether oxygens (including phenoxy) is 2. The largest absolute Gasteiger partial charge is 0.472 e. The van der Waals surface area contributed by atoms with E-state index in [1.54, 1.807) is 0 Å². The van der Waals surface area contributed by atoms with Crippen LogP contribution in [0.15, 0.2) is 36.5 Å².